The van der Waals surface area contributed by atoms with E-state index in [1.165, 1.54) is 58.2 Å². The topological polar surface area (TPSA) is 15.3 Å². The van der Waals surface area contributed by atoms with Gasteiger partial charge in [-0.1, -0.05) is 13.3 Å². The first-order chi connectivity index (χ1) is 7.75. The first-order valence-electron chi connectivity index (χ1n) is 7.17. The molecule has 0 spiro atoms. The van der Waals surface area contributed by atoms with Crippen LogP contribution in [0.25, 0.3) is 0 Å². The lowest BCUT2D eigenvalue weighted by atomic mass is 9.93. The molecule has 0 aromatic rings. The highest BCUT2D eigenvalue weighted by Crippen LogP contribution is 2.25. The average Bonchev–Trinajstić information content (AvgIpc) is 2.68. The lowest BCUT2D eigenvalue weighted by Gasteiger charge is -2.29. The summed E-state index contributed by atoms with van der Waals surface area (Å²) in [4.78, 5) is 2.46. The van der Waals surface area contributed by atoms with Crippen molar-refractivity contribution in [2.45, 2.75) is 51.5 Å². The molecule has 2 fully saturated rings. The maximum absolute atomic E-state index is 3.78. The van der Waals surface area contributed by atoms with Crippen molar-refractivity contribution in [2.24, 2.45) is 11.8 Å². The van der Waals surface area contributed by atoms with Gasteiger partial charge in [0.25, 0.3) is 0 Å². The monoisotopic (exact) mass is 224 g/mol. The van der Waals surface area contributed by atoms with Crippen molar-refractivity contribution in [3.05, 3.63) is 0 Å². The van der Waals surface area contributed by atoms with Gasteiger partial charge in [0.15, 0.2) is 0 Å². The smallest absolute Gasteiger partial charge is 0.00926 e. The fraction of sp³-hybridized carbons (Fsp3) is 1.00. The predicted molar refractivity (Wildman–Crippen MR) is 69.6 cm³/mol. The fourth-order valence-corrected chi connectivity index (χ4v) is 3.27. The fourth-order valence-electron chi connectivity index (χ4n) is 3.27. The van der Waals surface area contributed by atoms with Crippen molar-refractivity contribution in [3.8, 4) is 0 Å². The van der Waals surface area contributed by atoms with E-state index in [1.807, 2.05) is 0 Å². The van der Waals surface area contributed by atoms with Gasteiger partial charge in [-0.2, -0.15) is 0 Å². The summed E-state index contributed by atoms with van der Waals surface area (Å²) >= 11 is 0. The molecule has 94 valence electrons. The molecule has 0 aromatic carbocycles. The largest absolute Gasteiger partial charge is 0.314 e. The van der Waals surface area contributed by atoms with Crippen molar-refractivity contribution in [3.63, 3.8) is 0 Å². The third-order valence-corrected chi connectivity index (χ3v) is 4.66. The number of nitrogens with one attached hydrogen (secondary N) is 1. The van der Waals surface area contributed by atoms with Gasteiger partial charge in [-0.25, -0.2) is 0 Å². The molecule has 2 aliphatic rings. The van der Waals surface area contributed by atoms with Crippen LogP contribution in [0.5, 0.6) is 0 Å². The number of hydrogen-bond acceptors (Lipinski definition) is 2. The van der Waals surface area contributed by atoms with E-state index in [2.05, 4.69) is 24.2 Å². The average molecular weight is 224 g/mol. The standard InChI is InChI=1S/C14H28N2/c1-12-4-3-5-14(12)15-9-6-13-7-10-16(2)11-8-13/h12-15H,3-11H2,1-2H3. The third-order valence-electron chi connectivity index (χ3n) is 4.66. The van der Waals surface area contributed by atoms with Crippen LogP contribution < -0.4 is 5.32 Å². The van der Waals surface area contributed by atoms with E-state index in [-0.39, 0.29) is 0 Å². The molecular weight excluding hydrogens is 196 g/mol. The van der Waals surface area contributed by atoms with E-state index in [9.17, 15) is 0 Å². The lowest BCUT2D eigenvalue weighted by Crippen LogP contribution is -2.35. The van der Waals surface area contributed by atoms with Crippen molar-refractivity contribution in [2.75, 3.05) is 26.7 Å². The quantitative estimate of drug-likeness (QED) is 0.789. The van der Waals surface area contributed by atoms with Crippen LogP contribution in [0.15, 0.2) is 0 Å². The molecule has 2 rings (SSSR count). The highest BCUT2D eigenvalue weighted by Gasteiger charge is 2.23. The van der Waals surface area contributed by atoms with Gasteiger partial charge in [-0.05, 0) is 70.6 Å². The van der Waals surface area contributed by atoms with E-state index in [0.29, 0.717) is 0 Å². The van der Waals surface area contributed by atoms with Gasteiger partial charge in [0.1, 0.15) is 0 Å². The van der Waals surface area contributed by atoms with Crippen LogP contribution in [0.2, 0.25) is 0 Å². The molecule has 1 heterocycles. The van der Waals surface area contributed by atoms with Crippen LogP contribution >= 0.6 is 0 Å². The Morgan fingerprint density at radius 3 is 2.50 bits per heavy atom. The number of hydrogen-bond donors (Lipinski definition) is 1. The van der Waals surface area contributed by atoms with Gasteiger partial charge in [0.05, 0.1) is 0 Å². The van der Waals surface area contributed by atoms with Gasteiger partial charge in [0, 0.05) is 6.04 Å². The second kappa shape index (κ2) is 6.02. The summed E-state index contributed by atoms with van der Waals surface area (Å²) in [7, 11) is 2.24. The van der Waals surface area contributed by atoms with Gasteiger partial charge in [-0.15, -0.1) is 0 Å². The van der Waals surface area contributed by atoms with Gasteiger partial charge in [0.2, 0.25) is 0 Å². The Morgan fingerprint density at radius 2 is 1.88 bits per heavy atom. The Balaban J connectivity index is 1.57. The Kier molecular flexibility index (Phi) is 4.66. The summed E-state index contributed by atoms with van der Waals surface area (Å²) in [6.45, 7) is 6.28. The molecule has 0 radical (unpaired) electrons. The molecule has 0 bridgehead atoms. The van der Waals surface area contributed by atoms with E-state index < -0.39 is 0 Å². The zero-order valence-electron chi connectivity index (χ0n) is 11.0. The minimum Gasteiger partial charge on any atom is -0.314 e. The van der Waals surface area contributed by atoms with Crippen LogP contribution in [-0.2, 0) is 0 Å². The highest BCUT2D eigenvalue weighted by atomic mass is 15.1. The summed E-state index contributed by atoms with van der Waals surface area (Å²) < 4.78 is 0. The van der Waals surface area contributed by atoms with Crippen LogP contribution in [0, 0.1) is 11.8 Å². The maximum atomic E-state index is 3.78. The summed E-state index contributed by atoms with van der Waals surface area (Å²) in [6.07, 6.45) is 8.52. The number of rotatable bonds is 4. The van der Waals surface area contributed by atoms with E-state index in [1.54, 1.807) is 0 Å². The minimum absolute atomic E-state index is 0.825. The van der Waals surface area contributed by atoms with Crippen molar-refractivity contribution in [1.29, 1.82) is 0 Å². The van der Waals surface area contributed by atoms with Gasteiger partial charge >= 0.3 is 0 Å². The van der Waals surface area contributed by atoms with E-state index >= 15 is 0 Å². The molecule has 2 unspecified atom stereocenters. The maximum Gasteiger partial charge on any atom is 0.00926 e. The minimum atomic E-state index is 0.825. The Bertz CT molecular complexity index is 197. The Morgan fingerprint density at radius 1 is 1.12 bits per heavy atom. The molecule has 1 aliphatic heterocycles. The summed E-state index contributed by atoms with van der Waals surface area (Å²) in [5.41, 5.74) is 0. The van der Waals surface area contributed by atoms with Crippen LogP contribution in [0.4, 0.5) is 0 Å². The molecule has 2 atom stereocenters. The normalized spacial score (nSPS) is 33.4. The summed E-state index contributed by atoms with van der Waals surface area (Å²) in [5, 5.41) is 3.78. The summed E-state index contributed by atoms with van der Waals surface area (Å²) in [6, 6.07) is 0.825. The van der Waals surface area contributed by atoms with Crippen molar-refractivity contribution >= 4 is 0 Å². The number of piperidine rings is 1. The van der Waals surface area contributed by atoms with Crippen molar-refractivity contribution in [1.82, 2.24) is 10.2 Å². The third kappa shape index (κ3) is 3.46. The molecule has 1 aliphatic carbocycles. The molecule has 2 nitrogen and oxygen atoms in total. The molecule has 0 amide bonds. The van der Waals surface area contributed by atoms with Gasteiger partial charge < -0.3 is 10.2 Å². The van der Waals surface area contributed by atoms with E-state index in [4.69, 9.17) is 0 Å². The molecule has 1 saturated heterocycles. The Labute approximate surface area is 101 Å². The molecule has 1 saturated carbocycles. The predicted octanol–water partition coefficient (Wildman–Crippen LogP) is 2.50. The zero-order valence-corrected chi connectivity index (χ0v) is 11.0. The van der Waals surface area contributed by atoms with Crippen molar-refractivity contribution < 1.29 is 0 Å². The molecule has 2 heteroatoms. The second-order valence-electron chi connectivity index (χ2n) is 6.00. The zero-order chi connectivity index (χ0) is 11.4. The SMILES string of the molecule is CC1CCCC1NCCC1CCN(C)CC1. The van der Waals surface area contributed by atoms with E-state index in [0.717, 1.165) is 17.9 Å². The van der Waals surface area contributed by atoms with Crippen LogP contribution in [0.3, 0.4) is 0 Å². The molecule has 1 N–H and O–H groups in total. The second-order valence-corrected chi connectivity index (χ2v) is 6.00. The van der Waals surface area contributed by atoms with Crippen LogP contribution in [-0.4, -0.2) is 37.6 Å². The van der Waals surface area contributed by atoms with Crippen LogP contribution in [0.1, 0.15) is 45.4 Å². The molecular formula is C14H28N2. The highest BCUT2D eigenvalue weighted by molar-refractivity contribution is 4.80. The first kappa shape index (κ1) is 12.4. The lowest BCUT2D eigenvalue weighted by molar-refractivity contribution is 0.209. The Hall–Kier alpha value is -0.0800. The first-order valence-corrected chi connectivity index (χ1v) is 7.17. The molecule has 0 aromatic heterocycles. The molecule has 16 heavy (non-hydrogen) atoms. The van der Waals surface area contributed by atoms with Gasteiger partial charge in [-0.3, -0.25) is 0 Å². The summed E-state index contributed by atoms with van der Waals surface area (Å²) in [5.74, 6) is 1.90. The number of nitrogens with zero attached hydrogens (tertiary/aromatic N) is 1. The number of likely N-dealkylation sites (tertiary alicyclic amines) is 1.